The first-order valence-corrected chi connectivity index (χ1v) is 14.1. The van der Waals surface area contributed by atoms with E-state index in [9.17, 15) is 19.5 Å². The number of likely N-dealkylation sites (N-methyl/N-ethyl adjacent to an activating group) is 1. The van der Waals surface area contributed by atoms with Gasteiger partial charge in [0.1, 0.15) is 11.6 Å². The molecule has 8 heteroatoms. The zero-order chi connectivity index (χ0) is 28.7. The second-order valence-corrected chi connectivity index (χ2v) is 13.2. The molecule has 3 aliphatic rings. The molecule has 3 heterocycles. The maximum Gasteiger partial charge on any atom is 0.249 e. The lowest BCUT2D eigenvalue weighted by molar-refractivity contribution is -0.158. The topological polar surface area (TPSA) is 90.4 Å². The van der Waals surface area contributed by atoms with Gasteiger partial charge in [-0.15, -0.1) is 13.2 Å². The number of likely N-dealkylation sites (tertiary alicyclic amines) is 1. The Morgan fingerprint density at radius 2 is 1.76 bits per heavy atom. The van der Waals surface area contributed by atoms with Gasteiger partial charge in [0.15, 0.2) is 0 Å². The highest BCUT2D eigenvalue weighted by molar-refractivity contribution is 5.99. The zero-order valence-corrected chi connectivity index (χ0v) is 24.6. The fourth-order valence-electron chi connectivity index (χ4n) is 7.68. The molecule has 0 aliphatic carbocycles. The summed E-state index contributed by atoms with van der Waals surface area (Å²) in [5.41, 5.74) is -2.40. The van der Waals surface area contributed by atoms with Crippen LogP contribution in [0.1, 0.15) is 73.6 Å². The summed E-state index contributed by atoms with van der Waals surface area (Å²) in [4.78, 5) is 47.7. The molecular formula is C30H49N3O5. The average Bonchev–Trinajstić information content (AvgIpc) is 3.42. The normalized spacial score (nSPS) is 30.4. The van der Waals surface area contributed by atoms with E-state index in [-0.39, 0.29) is 36.3 Å². The Hall–Kier alpha value is -2.19. The molecule has 5 atom stereocenters. The van der Waals surface area contributed by atoms with Crippen LogP contribution >= 0.6 is 0 Å². The molecule has 38 heavy (non-hydrogen) atoms. The molecule has 1 spiro atoms. The smallest absolute Gasteiger partial charge is 0.249 e. The van der Waals surface area contributed by atoms with Crippen LogP contribution in [0.4, 0.5) is 0 Å². The predicted molar refractivity (Wildman–Crippen MR) is 148 cm³/mol. The van der Waals surface area contributed by atoms with Crippen LogP contribution in [-0.2, 0) is 19.1 Å². The molecule has 0 aromatic carbocycles. The van der Waals surface area contributed by atoms with E-state index in [0.717, 1.165) is 6.42 Å². The fraction of sp³-hybridized carbons (Fsp3) is 0.767. The van der Waals surface area contributed by atoms with Crippen molar-refractivity contribution in [2.45, 2.75) is 96.4 Å². The van der Waals surface area contributed by atoms with E-state index in [1.165, 1.54) is 0 Å². The number of aliphatic hydroxyl groups excluding tert-OH is 1. The van der Waals surface area contributed by atoms with Crippen LogP contribution in [0, 0.1) is 17.3 Å². The molecule has 2 bridgehead atoms. The van der Waals surface area contributed by atoms with Crippen molar-refractivity contribution in [3.8, 4) is 0 Å². The highest BCUT2D eigenvalue weighted by Crippen LogP contribution is 2.64. The molecule has 0 aromatic heterocycles. The van der Waals surface area contributed by atoms with Gasteiger partial charge in [-0.1, -0.05) is 39.8 Å². The van der Waals surface area contributed by atoms with Crippen LogP contribution in [0.5, 0.6) is 0 Å². The van der Waals surface area contributed by atoms with Crippen molar-refractivity contribution in [3.05, 3.63) is 25.3 Å². The lowest BCUT2D eigenvalue weighted by atomic mass is 9.64. The average molecular weight is 532 g/mol. The molecule has 3 fully saturated rings. The summed E-state index contributed by atoms with van der Waals surface area (Å²) in [5, 5.41) is 9.62. The van der Waals surface area contributed by atoms with Crippen LogP contribution in [-0.4, -0.2) is 93.6 Å². The Morgan fingerprint density at radius 3 is 2.29 bits per heavy atom. The van der Waals surface area contributed by atoms with Crippen molar-refractivity contribution in [2.75, 3.05) is 33.3 Å². The first-order chi connectivity index (χ1) is 17.7. The van der Waals surface area contributed by atoms with Crippen molar-refractivity contribution in [3.63, 3.8) is 0 Å². The van der Waals surface area contributed by atoms with Gasteiger partial charge >= 0.3 is 0 Å². The molecular weight excluding hydrogens is 482 g/mol. The molecule has 3 rings (SSSR count). The Kier molecular flexibility index (Phi) is 8.60. The molecule has 2 unspecified atom stereocenters. The van der Waals surface area contributed by atoms with Crippen molar-refractivity contribution in [1.29, 1.82) is 0 Å². The molecule has 3 aliphatic heterocycles. The van der Waals surface area contributed by atoms with Crippen molar-refractivity contribution < 1.29 is 24.2 Å². The van der Waals surface area contributed by atoms with Crippen LogP contribution in [0.3, 0.4) is 0 Å². The van der Waals surface area contributed by atoms with Crippen LogP contribution in [0.2, 0.25) is 0 Å². The Bertz CT molecular complexity index is 956. The first kappa shape index (κ1) is 30.4. The van der Waals surface area contributed by atoms with Gasteiger partial charge in [-0.2, -0.15) is 0 Å². The molecule has 214 valence electrons. The maximum absolute atomic E-state index is 14.7. The number of amides is 3. The van der Waals surface area contributed by atoms with E-state index in [1.54, 1.807) is 29.0 Å². The van der Waals surface area contributed by atoms with Crippen molar-refractivity contribution in [2.24, 2.45) is 17.3 Å². The van der Waals surface area contributed by atoms with Crippen LogP contribution in [0.25, 0.3) is 0 Å². The monoisotopic (exact) mass is 531 g/mol. The molecule has 8 nitrogen and oxygen atoms in total. The molecule has 0 aromatic rings. The Balaban J connectivity index is 2.13. The van der Waals surface area contributed by atoms with Crippen molar-refractivity contribution >= 4 is 17.7 Å². The number of carbonyl (C=O) groups is 3. The fourth-order valence-corrected chi connectivity index (χ4v) is 7.68. The van der Waals surface area contributed by atoms with Gasteiger partial charge in [0, 0.05) is 38.8 Å². The molecule has 3 amide bonds. The highest BCUT2D eigenvalue weighted by Gasteiger charge is 2.79. The van der Waals surface area contributed by atoms with Gasteiger partial charge in [-0.3, -0.25) is 14.4 Å². The third-order valence-corrected chi connectivity index (χ3v) is 8.79. The van der Waals surface area contributed by atoms with Gasteiger partial charge < -0.3 is 24.5 Å². The van der Waals surface area contributed by atoms with Gasteiger partial charge in [0.25, 0.3) is 0 Å². The van der Waals surface area contributed by atoms with E-state index in [0.29, 0.717) is 38.8 Å². The third-order valence-electron chi connectivity index (χ3n) is 8.79. The summed E-state index contributed by atoms with van der Waals surface area (Å²) in [6.07, 6.45) is 6.24. The number of aliphatic hydroxyl groups is 1. The Labute approximate surface area is 229 Å². The summed E-state index contributed by atoms with van der Waals surface area (Å²) in [6.45, 7) is 21.1. The van der Waals surface area contributed by atoms with E-state index in [4.69, 9.17) is 4.74 Å². The third kappa shape index (κ3) is 4.94. The minimum atomic E-state index is -1.08. The second-order valence-electron chi connectivity index (χ2n) is 13.2. The number of fused-ring (bicyclic) bond motifs is 1. The zero-order valence-electron chi connectivity index (χ0n) is 24.6. The minimum absolute atomic E-state index is 0.0338. The van der Waals surface area contributed by atoms with Gasteiger partial charge in [0.2, 0.25) is 17.7 Å². The number of carbonyl (C=O) groups excluding carboxylic acids is 3. The van der Waals surface area contributed by atoms with Crippen LogP contribution in [0.15, 0.2) is 25.3 Å². The predicted octanol–water partition coefficient (Wildman–Crippen LogP) is 3.40. The number of nitrogens with zero attached hydrogens (tertiary/aromatic N) is 3. The number of hydrogen-bond donors (Lipinski definition) is 1. The summed E-state index contributed by atoms with van der Waals surface area (Å²) >= 11 is 0. The van der Waals surface area contributed by atoms with Gasteiger partial charge in [0.05, 0.1) is 17.4 Å². The molecule has 1 N–H and O–H groups in total. The van der Waals surface area contributed by atoms with Gasteiger partial charge in [-0.05, 0) is 51.4 Å². The first-order valence-electron chi connectivity index (χ1n) is 14.1. The molecule has 0 saturated carbocycles. The summed E-state index contributed by atoms with van der Waals surface area (Å²) in [6, 6.07) is -0.860. The maximum atomic E-state index is 14.7. The standard InChI is InChI=1S/C30H49N3O5/c1-10-16-31(9)24(35)21-22-25(36)32(18-13-19-34)23(30(22)15-14-29(21,12-3)38-30)26(37)33(17-11-2)28(7,8)20-27(4,5)6/h10-11,21-23,34H,1-2,12-20H2,3-9H3/t21-,22-,23?,29+,30?/m0/s1. The quantitative estimate of drug-likeness (QED) is 0.390. The van der Waals surface area contributed by atoms with E-state index < -0.39 is 34.6 Å². The number of ether oxygens (including phenoxy) is 1. The van der Waals surface area contributed by atoms with E-state index in [2.05, 4.69) is 47.8 Å². The SMILES string of the molecule is C=CCN(C)C(=O)[C@@H]1[C@H]2C(=O)N(CCCO)C(C(=O)N(CC=C)C(C)(C)CC(C)(C)C)C23CC[C@@]1(CC)O3. The highest BCUT2D eigenvalue weighted by atomic mass is 16.5. The van der Waals surface area contributed by atoms with Crippen molar-refractivity contribution in [1.82, 2.24) is 14.7 Å². The largest absolute Gasteiger partial charge is 0.396 e. The lowest BCUT2D eigenvalue weighted by Crippen LogP contribution is -2.61. The number of rotatable bonds is 12. The number of hydrogen-bond acceptors (Lipinski definition) is 5. The lowest BCUT2D eigenvalue weighted by Gasteiger charge is -2.45. The minimum Gasteiger partial charge on any atom is -0.396 e. The second kappa shape index (κ2) is 10.8. The van der Waals surface area contributed by atoms with E-state index >= 15 is 0 Å². The Morgan fingerprint density at radius 1 is 1.13 bits per heavy atom. The van der Waals surface area contributed by atoms with Crippen LogP contribution < -0.4 is 0 Å². The van der Waals surface area contributed by atoms with Gasteiger partial charge in [-0.25, -0.2) is 0 Å². The molecule has 3 saturated heterocycles. The summed E-state index contributed by atoms with van der Waals surface area (Å²) in [5.74, 6) is -1.93. The summed E-state index contributed by atoms with van der Waals surface area (Å²) in [7, 11) is 1.72. The molecule has 0 radical (unpaired) electrons. The van der Waals surface area contributed by atoms with E-state index in [1.807, 2.05) is 11.8 Å². The summed E-state index contributed by atoms with van der Waals surface area (Å²) < 4.78 is 6.87.